The number of nitrogens with zero attached hydrogens (tertiary/aromatic N) is 1. The minimum absolute atomic E-state index is 0.0517. The van der Waals surface area contributed by atoms with Crippen LogP contribution in [0.25, 0.3) is 0 Å². The molecule has 0 amide bonds. The lowest BCUT2D eigenvalue weighted by Crippen LogP contribution is -2.39. The lowest BCUT2D eigenvalue weighted by atomic mass is 9.83. The molecule has 2 aliphatic carbocycles. The third-order valence-corrected chi connectivity index (χ3v) is 11.7. The number of pyridine rings is 1. The fourth-order valence-corrected chi connectivity index (χ4v) is 10.2. The number of aromatic nitrogens is 1. The van der Waals surface area contributed by atoms with Gasteiger partial charge < -0.3 is 5.32 Å². The minimum Gasteiger partial charge on any atom is -0.302 e. The van der Waals surface area contributed by atoms with Gasteiger partial charge in [0.1, 0.15) is 0 Å². The Morgan fingerprint density at radius 1 is 0.811 bits per heavy atom. The van der Waals surface area contributed by atoms with E-state index in [9.17, 15) is 0 Å². The van der Waals surface area contributed by atoms with Crippen molar-refractivity contribution in [2.24, 2.45) is 17.8 Å². The summed E-state index contributed by atoms with van der Waals surface area (Å²) in [6.45, 7) is 2.40. The van der Waals surface area contributed by atoms with E-state index in [0.717, 1.165) is 28.2 Å². The van der Waals surface area contributed by atoms with Crippen LogP contribution in [0.3, 0.4) is 0 Å². The number of halogens is 1. The zero-order chi connectivity index (χ0) is 25.2. The summed E-state index contributed by atoms with van der Waals surface area (Å²) in [5.74, 6) is 2.27. The normalized spacial score (nSPS) is 24.3. The molecule has 1 N–H and O–H groups in total. The predicted octanol–water partition coefficient (Wildman–Crippen LogP) is 7.35. The van der Waals surface area contributed by atoms with Crippen molar-refractivity contribution in [3.05, 3.63) is 126 Å². The Balaban J connectivity index is 1.28. The van der Waals surface area contributed by atoms with E-state index in [0.29, 0.717) is 12.0 Å². The maximum absolute atomic E-state index is 6.23. The van der Waals surface area contributed by atoms with Gasteiger partial charge in [0.25, 0.3) is 0 Å². The monoisotopic (exact) mass is 524 g/mol. The highest BCUT2D eigenvalue weighted by Gasteiger charge is 2.59. The van der Waals surface area contributed by atoms with Gasteiger partial charge in [0.15, 0.2) is 0 Å². The average molecular weight is 525 g/mol. The van der Waals surface area contributed by atoms with Crippen molar-refractivity contribution in [2.75, 3.05) is 0 Å². The van der Waals surface area contributed by atoms with E-state index in [4.69, 9.17) is 16.6 Å². The molecule has 6 rings (SSSR count). The molecule has 2 saturated carbocycles. The Morgan fingerprint density at radius 2 is 1.46 bits per heavy atom. The van der Waals surface area contributed by atoms with Crippen molar-refractivity contribution in [3.8, 4) is 0 Å². The molecule has 0 spiro atoms. The smallest absolute Gasteiger partial charge is 0.0753 e. The van der Waals surface area contributed by atoms with Gasteiger partial charge in [-0.3, -0.25) is 4.98 Å². The van der Waals surface area contributed by atoms with Gasteiger partial charge in [-0.1, -0.05) is 96.9 Å². The van der Waals surface area contributed by atoms with Crippen LogP contribution < -0.4 is 15.9 Å². The summed E-state index contributed by atoms with van der Waals surface area (Å²) >= 11 is 6.23. The van der Waals surface area contributed by atoms with Gasteiger partial charge in [-0.25, -0.2) is 0 Å². The minimum atomic E-state index is -0.367. The van der Waals surface area contributed by atoms with Crippen molar-refractivity contribution in [3.63, 3.8) is 0 Å². The number of nitrogens with one attached hydrogen (secondary N) is 1. The van der Waals surface area contributed by atoms with Crippen LogP contribution >= 0.6 is 19.5 Å². The Kier molecular flexibility index (Phi) is 7.43. The molecule has 6 atom stereocenters. The van der Waals surface area contributed by atoms with Gasteiger partial charge >= 0.3 is 0 Å². The first-order valence-corrected chi connectivity index (χ1v) is 15.3. The first kappa shape index (κ1) is 24.8. The fourth-order valence-electron chi connectivity index (χ4n) is 6.66. The van der Waals surface area contributed by atoms with Gasteiger partial charge in [0.05, 0.1) is 11.7 Å². The summed E-state index contributed by atoms with van der Waals surface area (Å²) < 4.78 is 0. The molecule has 2 nitrogen and oxygen atoms in total. The van der Waals surface area contributed by atoms with Crippen molar-refractivity contribution in [1.82, 2.24) is 10.3 Å². The summed E-state index contributed by atoms with van der Waals surface area (Å²) in [6.07, 6.45) is 5.90. The molecule has 4 heteroatoms. The molecule has 0 radical (unpaired) electrons. The van der Waals surface area contributed by atoms with Gasteiger partial charge in [-0.05, 0) is 91.5 Å². The van der Waals surface area contributed by atoms with E-state index in [-0.39, 0.29) is 14.0 Å². The second kappa shape index (κ2) is 11.1. The van der Waals surface area contributed by atoms with Crippen LogP contribution in [0, 0.1) is 17.8 Å². The van der Waals surface area contributed by atoms with E-state index >= 15 is 0 Å². The van der Waals surface area contributed by atoms with Crippen LogP contribution in [0.15, 0.2) is 109 Å². The highest BCUT2D eigenvalue weighted by atomic mass is 35.5. The number of hydrogen-bond acceptors (Lipinski definition) is 2. The molecule has 1 aromatic heterocycles. The third kappa shape index (κ3) is 5.26. The molecule has 0 bridgehead atoms. The number of hydrogen-bond donors (Lipinski definition) is 1. The highest BCUT2D eigenvalue weighted by Crippen LogP contribution is 2.67. The van der Waals surface area contributed by atoms with E-state index < -0.39 is 0 Å². The van der Waals surface area contributed by atoms with Crippen LogP contribution in [0.1, 0.15) is 43.5 Å². The molecule has 0 aliphatic heterocycles. The first-order valence-electron chi connectivity index (χ1n) is 13.5. The summed E-state index contributed by atoms with van der Waals surface area (Å²) in [6, 6.07) is 37.5. The molecule has 37 heavy (non-hydrogen) atoms. The molecule has 4 aromatic rings. The Bertz CT molecular complexity index is 1240. The van der Waals surface area contributed by atoms with Crippen LogP contribution in [0.5, 0.6) is 0 Å². The average Bonchev–Trinajstić information content (AvgIpc) is 3.68. The molecular formula is C33H34ClN2P. The molecule has 1 heterocycles. The summed E-state index contributed by atoms with van der Waals surface area (Å²) in [4.78, 5) is 4.74. The highest BCUT2D eigenvalue weighted by molar-refractivity contribution is 7.74. The summed E-state index contributed by atoms with van der Waals surface area (Å²) in [5, 5.41) is 7.85. The van der Waals surface area contributed by atoms with Crippen molar-refractivity contribution >= 4 is 30.1 Å². The molecular weight excluding hydrogens is 491 g/mol. The second-order valence-corrected chi connectivity index (χ2v) is 13.4. The van der Waals surface area contributed by atoms with Gasteiger partial charge in [0.2, 0.25) is 0 Å². The fraction of sp³-hybridized carbons (Fsp3) is 0.303. The summed E-state index contributed by atoms with van der Waals surface area (Å²) in [7, 11) is -0.367. The summed E-state index contributed by atoms with van der Waals surface area (Å²) in [5.41, 5.74) is 3.04. The van der Waals surface area contributed by atoms with Gasteiger partial charge in [-0.2, -0.15) is 0 Å². The predicted molar refractivity (Wildman–Crippen MR) is 157 cm³/mol. The topological polar surface area (TPSA) is 24.9 Å². The maximum atomic E-state index is 6.23. The van der Waals surface area contributed by atoms with E-state index in [1.165, 1.54) is 35.4 Å². The van der Waals surface area contributed by atoms with Gasteiger partial charge in [0, 0.05) is 17.3 Å². The van der Waals surface area contributed by atoms with Crippen molar-refractivity contribution in [2.45, 2.75) is 43.9 Å². The molecule has 2 aliphatic rings. The standard InChI is InChI=1S/C33H34ClN2P/c1-23(36-32(30-17-8-9-22-35-30)24-18-20-25(34)21-19-24)28-15-10-16-29-31(28)33(29)37(26-11-4-2-5-12-26)27-13-6-3-7-14-27/h2-9,11-14,17-23,28-29,31-33,36H,10,15-16H2,1H3/t23-,28+,29?,31?,32+,33?/m0/s1. The van der Waals surface area contributed by atoms with Crippen LogP contribution in [0.2, 0.25) is 5.02 Å². The van der Waals surface area contributed by atoms with E-state index in [1.807, 2.05) is 24.4 Å². The largest absolute Gasteiger partial charge is 0.302 e. The van der Waals surface area contributed by atoms with E-state index in [1.54, 1.807) is 0 Å². The molecule has 188 valence electrons. The van der Waals surface area contributed by atoms with Crippen molar-refractivity contribution in [1.29, 1.82) is 0 Å². The third-order valence-electron chi connectivity index (χ3n) is 8.38. The Hall–Kier alpha value is -2.51. The van der Waals surface area contributed by atoms with E-state index in [2.05, 4.69) is 97.2 Å². The van der Waals surface area contributed by atoms with Crippen LogP contribution in [-0.2, 0) is 0 Å². The van der Waals surface area contributed by atoms with Crippen molar-refractivity contribution < 1.29 is 0 Å². The Labute approximate surface area is 227 Å². The molecule has 3 aromatic carbocycles. The number of fused-ring (bicyclic) bond motifs is 1. The lowest BCUT2D eigenvalue weighted by molar-refractivity contribution is 0.254. The number of benzene rings is 3. The molecule has 3 unspecified atom stereocenters. The van der Waals surface area contributed by atoms with Gasteiger partial charge in [-0.15, -0.1) is 0 Å². The quantitative estimate of drug-likeness (QED) is 0.244. The maximum Gasteiger partial charge on any atom is 0.0753 e. The van der Waals surface area contributed by atoms with Crippen LogP contribution in [0.4, 0.5) is 0 Å². The molecule has 0 saturated heterocycles. The second-order valence-electron chi connectivity index (χ2n) is 10.6. The first-order chi connectivity index (χ1) is 18.2. The zero-order valence-corrected chi connectivity index (χ0v) is 22.9. The molecule has 2 fully saturated rings. The Morgan fingerprint density at radius 3 is 2.08 bits per heavy atom. The van der Waals surface area contributed by atoms with Crippen LogP contribution in [-0.4, -0.2) is 16.7 Å². The lowest BCUT2D eigenvalue weighted by Gasteiger charge is -2.32. The zero-order valence-electron chi connectivity index (χ0n) is 21.3. The SMILES string of the molecule is C[C@H](N[C@H](c1ccc(Cl)cc1)c1ccccn1)[C@H]1CCCC2C1C2P(c1ccccc1)c1ccccc1. The number of rotatable bonds is 8.